The summed E-state index contributed by atoms with van der Waals surface area (Å²) in [7, 11) is 0. The van der Waals surface area contributed by atoms with Crippen LogP contribution >= 0.6 is 11.3 Å². The van der Waals surface area contributed by atoms with Crippen LogP contribution in [0.15, 0.2) is 5.38 Å². The van der Waals surface area contributed by atoms with Crippen LogP contribution in [0, 0.1) is 5.92 Å². The average Bonchev–Trinajstić information content (AvgIpc) is 2.81. The molecule has 0 spiro atoms. The van der Waals surface area contributed by atoms with Gasteiger partial charge in [-0.15, -0.1) is 11.3 Å². The molecule has 2 atom stereocenters. The first-order valence-corrected chi connectivity index (χ1v) is 7.84. The Morgan fingerprint density at radius 3 is 3.05 bits per heavy atom. The Labute approximate surface area is 118 Å². The number of aromatic nitrogens is 1. The molecule has 2 unspecified atom stereocenters. The summed E-state index contributed by atoms with van der Waals surface area (Å²) in [5.41, 5.74) is 0.823. The number of thiazole rings is 1. The van der Waals surface area contributed by atoms with Crippen molar-refractivity contribution in [1.82, 2.24) is 4.98 Å². The van der Waals surface area contributed by atoms with Crippen molar-refractivity contribution in [2.75, 3.05) is 18.1 Å². The number of carbonyl (C=O) groups is 1. The maximum absolute atomic E-state index is 11.4. The summed E-state index contributed by atoms with van der Waals surface area (Å²) in [6, 6.07) is 0.540. The number of carbonyl (C=O) groups excluding carboxylic acids is 1. The van der Waals surface area contributed by atoms with Crippen LogP contribution in [-0.2, 0) is 16.0 Å². The average molecular weight is 282 g/mol. The van der Waals surface area contributed by atoms with Crippen molar-refractivity contribution in [2.24, 2.45) is 5.92 Å². The third-order valence-corrected chi connectivity index (χ3v) is 4.46. The Kier molecular flexibility index (Phi) is 4.80. The summed E-state index contributed by atoms with van der Waals surface area (Å²) < 4.78 is 4.95. The SMILES string of the molecule is CCOC(=O)Cc1csc(N2CC(C)CCC2C)n1. The molecule has 0 saturated carbocycles. The van der Waals surface area contributed by atoms with Crippen LogP contribution in [0.4, 0.5) is 5.13 Å². The molecule has 0 bridgehead atoms. The number of piperidine rings is 1. The summed E-state index contributed by atoms with van der Waals surface area (Å²) in [5, 5.41) is 3.01. The van der Waals surface area contributed by atoms with Gasteiger partial charge in [0.1, 0.15) is 0 Å². The molecule has 1 aromatic heterocycles. The van der Waals surface area contributed by atoms with Crippen LogP contribution in [0.1, 0.15) is 39.3 Å². The first kappa shape index (κ1) is 14.3. The molecule has 0 N–H and O–H groups in total. The second-order valence-corrected chi connectivity index (χ2v) is 6.12. The van der Waals surface area contributed by atoms with Crippen molar-refractivity contribution in [2.45, 2.75) is 46.1 Å². The van der Waals surface area contributed by atoms with Crippen molar-refractivity contribution in [3.05, 3.63) is 11.1 Å². The van der Waals surface area contributed by atoms with Gasteiger partial charge >= 0.3 is 5.97 Å². The van der Waals surface area contributed by atoms with E-state index in [0.29, 0.717) is 18.6 Å². The van der Waals surface area contributed by atoms with E-state index in [2.05, 4.69) is 23.7 Å². The largest absolute Gasteiger partial charge is 0.466 e. The Balaban J connectivity index is 2.01. The van der Waals surface area contributed by atoms with Crippen molar-refractivity contribution in [3.63, 3.8) is 0 Å². The monoisotopic (exact) mass is 282 g/mol. The standard InChI is InChI=1S/C14H22N2O2S/c1-4-18-13(17)7-12-9-19-14(15-12)16-8-10(2)5-6-11(16)3/h9-11H,4-8H2,1-3H3. The molecule has 1 aliphatic rings. The van der Waals surface area contributed by atoms with Crippen LogP contribution in [0.3, 0.4) is 0 Å². The highest BCUT2D eigenvalue weighted by atomic mass is 32.1. The Morgan fingerprint density at radius 2 is 2.32 bits per heavy atom. The molecule has 0 aromatic carbocycles. The molecule has 1 aliphatic heterocycles. The molecule has 2 rings (SSSR count). The highest BCUT2D eigenvalue weighted by Gasteiger charge is 2.25. The van der Waals surface area contributed by atoms with Gasteiger partial charge in [-0.1, -0.05) is 6.92 Å². The summed E-state index contributed by atoms with van der Waals surface area (Å²) in [5.74, 6) is 0.521. The molecule has 4 nitrogen and oxygen atoms in total. The zero-order chi connectivity index (χ0) is 13.8. The first-order chi connectivity index (χ1) is 9.10. The van der Waals surface area contributed by atoms with Crippen LogP contribution in [0.25, 0.3) is 0 Å². The fraction of sp³-hybridized carbons (Fsp3) is 0.714. The van der Waals surface area contributed by atoms with Gasteiger partial charge in [-0.05, 0) is 32.6 Å². The smallest absolute Gasteiger partial charge is 0.311 e. The molecule has 0 amide bonds. The van der Waals surface area contributed by atoms with Gasteiger partial charge in [-0.2, -0.15) is 0 Å². The van der Waals surface area contributed by atoms with E-state index >= 15 is 0 Å². The third kappa shape index (κ3) is 3.69. The molecule has 19 heavy (non-hydrogen) atoms. The minimum Gasteiger partial charge on any atom is -0.466 e. The summed E-state index contributed by atoms with van der Waals surface area (Å²) in [6.07, 6.45) is 2.79. The molecule has 1 fully saturated rings. The van der Waals surface area contributed by atoms with Gasteiger partial charge in [0.15, 0.2) is 5.13 Å². The van der Waals surface area contributed by atoms with E-state index in [9.17, 15) is 4.79 Å². The fourth-order valence-corrected chi connectivity index (χ4v) is 3.36. The lowest BCUT2D eigenvalue weighted by Crippen LogP contribution is -2.41. The Morgan fingerprint density at radius 1 is 1.53 bits per heavy atom. The third-order valence-electron chi connectivity index (χ3n) is 3.53. The van der Waals surface area contributed by atoms with Crippen LogP contribution in [-0.4, -0.2) is 30.1 Å². The quantitative estimate of drug-likeness (QED) is 0.796. The topological polar surface area (TPSA) is 42.4 Å². The van der Waals surface area contributed by atoms with E-state index in [1.807, 2.05) is 12.3 Å². The van der Waals surface area contributed by atoms with Crippen LogP contribution < -0.4 is 4.90 Å². The molecular formula is C14H22N2O2S. The number of ether oxygens (including phenoxy) is 1. The lowest BCUT2D eigenvalue weighted by molar-refractivity contribution is -0.142. The molecule has 2 heterocycles. The van der Waals surface area contributed by atoms with Crippen molar-refractivity contribution in [3.8, 4) is 0 Å². The number of hydrogen-bond donors (Lipinski definition) is 0. The number of nitrogens with zero attached hydrogens (tertiary/aromatic N) is 2. The van der Waals surface area contributed by atoms with Gasteiger partial charge in [0.2, 0.25) is 0 Å². The molecule has 5 heteroatoms. The number of hydrogen-bond acceptors (Lipinski definition) is 5. The van der Waals surface area contributed by atoms with Gasteiger partial charge < -0.3 is 9.64 Å². The predicted octanol–water partition coefficient (Wildman–Crippen LogP) is 2.87. The zero-order valence-electron chi connectivity index (χ0n) is 11.9. The van der Waals surface area contributed by atoms with Crippen LogP contribution in [0.2, 0.25) is 0 Å². The normalized spacial score (nSPS) is 23.4. The van der Waals surface area contributed by atoms with E-state index in [4.69, 9.17) is 4.74 Å². The lowest BCUT2D eigenvalue weighted by Gasteiger charge is -2.36. The second-order valence-electron chi connectivity index (χ2n) is 5.29. The Hall–Kier alpha value is -1.10. The van der Waals surface area contributed by atoms with Gasteiger partial charge in [-0.3, -0.25) is 4.79 Å². The number of anilines is 1. The molecule has 106 valence electrons. The minimum atomic E-state index is -0.195. The molecule has 1 saturated heterocycles. The van der Waals surface area contributed by atoms with E-state index in [1.54, 1.807) is 11.3 Å². The first-order valence-electron chi connectivity index (χ1n) is 6.96. The number of esters is 1. The molecule has 0 radical (unpaired) electrons. The van der Waals surface area contributed by atoms with E-state index in [0.717, 1.165) is 17.4 Å². The van der Waals surface area contributed by atoms with Crippen molar-refractivity contribution < 1.29 is 9.53 Å². The second kappa shape index (κ2) is 6.37. The highest BCUT2D eigenvalue weighted by molar-refractivity contribution is 7.13. The molecule has 0 aliphatic carbocycles. The maximum Gasteiger partial charge on any atom is 0.311 e. The number of rotatable bonds is 4. The highest BCUT2D eigenvalue weighted by Crippen LogP contribution is 2.29. The molecule has 1 aromatic rings. The zero-order valence-corrected chi connectivity index (χ0v) is 12.7. The van der Waals surface area contributed by atoms with Crippen molar-refractivity contribution in [1.29, 1.82) is 0 Å². The van der Waals surface area contributed by atoms with E-state index in [-0.39, 0.29) is 12.4 Å². The summed E-state index contributed by atoms with van der Waals surface area (Å²) in [4.78, 5) is 18.4. The van der Waals surface area contributed by atoms with Gasteiger partial charge in [-0.25, -0.2) is 4.98 Å². The van der Waals surface area contributed by atoms with Crippen LogP contribution in [0.5, 0.6) is 0 Å². The fourth-order valence-electron chi connectivity index (χ4n) is 2.42. The van der Waals surface area contributed by atoms with E-state index < -0.39 is 0 Å². The summed E-state index contributed by atoms with van der Waals surface area (Å²) >= 11 is 1.63. The summed E-state index contributed by atoms with van der Waals surface area (Å²) in [6.45, 7) is 7.84. The maximum atomic E-state index is 11.4. The minimum absolute atomic E-state index is 0.195. The van der Waals surface area contributed by atoms with Gasteiger partial charge in [0.25, 0.3) is 0 Å². The predicted molar refractivity (Wildman–Crippen MR) is 77.7 cm³/mol. The van der Waals surface area contributed by atoms with E-state index in [1.165, 1.54) is 12.8 Å². The Bertz CT molecular complexity index is 433. The molecular weight excluding hydrogens is 260 g/mol. The van der Waals surface area contributed by atoms with Crippen molar-refractivity contribution >= 4 is 22.4 Å². The lowest BCUT2D eigenvalue weighted by atomic mass is 9.96. The van der Waals surface area contributed by atoms with Gasteiger partial charge in [0.05, 0.1) is 18.7 Å². The van der Waals surface area contributed by atoms with Gasteiger partial charge in [0, 0.05) is 18.0 Å².